The fourth-order valence-electron chi connectivity index (χ4n) is 2.22. The summed E-state index contributed by atoms with van der Waals surface area (Å²) in [6, 6.07) is 1.90. The quantitative estimate of drug-likeness (QED) is 0.859. The summed E-state index contributed by atoms with van der Waals surface area (Å²) in [5.41, 5.74) is 1.64. The molecule has 0 amide bonds. The fourth-order valence-corrected chi connectivity index (χ4v) is 2.22. The molecule has 0 saturated heterocycles. The molecule has 0 aromatic carbocycles. The largest absolute Gasteiger partial charge is 0.495 e. The first-order valence-corrected chi connectivity index (χ1v) is 7.61. The van der Waals surface area contributed by atoms with Crippen LogP contribution < -0.4 is 4.74 Å². The van der Waals surface area contributed by atoms with Crippen LogP contribution in [0.1, 0.15) is 39.4 Å². The molecule has 118 valence electrons. The zero-order valence-electron chi connectivity index (χ0n) is 13.7. The summed E-state index contributed by atoms with van der Waals surface area (Å²) in [5.74, 6) is 0.698. The van der Waals surface area contributed by atoms with Crippen LogP contribution in [-0.4, -0.2) is 46.7 Å². The minimum atomic E-state index is -0.525. The van der Waals surface area contributed by atoms with Gasteiger partial charge < -0.3 is 19.7 Å². The van der Waals surface area contributed by atoms with Crippen LogP contribution in [0.15, 0.2) is 18.5 Å². The van der Waals surface area contributed by atoms with E-state index in [1.54, 1.807) is 13.3 Å². The van der Waals surface area contributed by atoms with Gasteiger partial charge in [0.25, 0.3) is 0 Å². The molecule has 0 aliphatic rings. The van der Waals surface area contributed by atoms with E-state index in [0.717, 1.165) is 29.7 Å². The average molecular weight is 293 g/mol. The van der Waals surface area contributed by atoms with Gasteiger partial charge in [-0.2, -0.15) is 0 Å². The second-order valence-corrected chi connectivity index (χ2v) is 4.52. The van der Waals surface area contributed by atoms with Crippen molar-refractivity contribution in [2.24, 2.45) is 0 Å². The van der Waals surface area contributed by atoms with Crippen LogP contribution in [0.4, 0.5) is 0 Å². The minimum Gasteiger partial charge on any atom is -0.495 e. The summed E-state index contributed by atoms with van der Waals surface area (Å²) in [6.07, 6.45) is 2.97. The number of ether oxygens (including phenoxy) is 1. The lowest BCUT2D eigenvalue weighted by atomic mass is 10.1. The number of hydrogen-bond donors (Lipinski definition) is 2. The van der Waals surface area contributed by atoms with Crippen LogP contribution in [0.3, 0.4) is 0 Å². The lowest BCUT2D eigenvalue weighted by molar-refractivity contribution is 0.120. The molecule has 0 saturated carbocycles. The zero-order chi connectivity index (χ0) is 15.8. The van der Waals surface area contributed by atoms with E-state index in [4.69, 9.17) is 4.74 Å². The van der Waals surface area contributed by atoms with Gasteiger partial charge in [0.15, 0.2) is 0 Å². The summed E-state index contributed by atoms with van der Waals surface area (Å²) in [7, 11) is 1.61. The first kappa shape index (κ1) is 17.5. The molecule has 5 nitrogen and oxygen atoms in total. The van der Waals surface area contributed by atoms with Crippen molar-refractivity contribution in [2.45, 2.75) is 33.8 Å². The summed E-state index contributed by atoms with van der Waals surface area (Å²) in [4.78, 5) is 9.55. The van der Waals surface area contributed by atoms with Crippen LogP contribution in [0.5, 0.6) is 5.75 Å². The summed E-state index contributed by atoms with van der Waals surface area (Å²) < 4.78 is 5.18. The van der Waals surface area contributed by atoms with Gasteiger partial charge in [0, 0.05) is 23.7 Å². The number of aliphatic hydroxyl groups is 1. The highest BCUT2D eigenvalue weighted by Crippen LogP contribution is 2.26. The van der Waals surface area contributed by atoms with Gasteiger partial charge in [-0.1, -0.05) is 27.7 Å². The zero-order valence-corrected chi connectivity index (χ0v) is 13.7. The number of nitrogens with one attached hydrogen (secondary N) is 1. The normalized spacial score (nSPS) is 12.1. The van der Waals surface area contributed by atoms with Gasteiger partial charge in [-0.15, -0.1) is 0 Å². The Morgan fingerprint density at radius 3 is 2.57 bits per heavy atom. The van der Waals surface area contributed by atoms with Gasteiger partial charge in [0.1, 0.15) is 11.4 Å². The molecule has 1 unspecified atom stereocenters. The highest BCUT2D eigenvalue weighted by atomic mass is 16.5. The Labute approximate surface area is 126 Å². The number of H-pyrrole nitrogens is 1. The third kappa shape index (κ3) is 4.19. The highest BCUT2D eigenvalue weighted by molar-refractivity contribution is 5.81. The topological polar surface area (TPSA) is 61.4 Å². The monoisotopic (exact) mass is 293 g/mol. The lowest BCUT2D eigenvalue weighted by Gasteiger charge is -2.21. The Morgan fingerprint density at radius 2 is 2.00 bits per heavy atom. The van der Waals surface area contributed by atoms with Crippen molar-refractivity contribution < 1.29 is 9.84 Å². The number of methoxy groups -OCH3 is 1. The van der Waals surface area contributed by atoms with E-state index in [1.165, 1.54) is 0 Å². The van der Waals surface area contributed by atoms with E-state index in [1.807, 2.05) is 26.1 Å². The van der Waals surface area contributed by atoms with E-state index in [9.17, 15) is 5.11 Å². The summed E-state index contributed by atoms with van der Waals surface area (Å²) >= 11 is 0. The van der Waals surface area contributed by atoms with Crippen molar-refractivity contribution in [3.8, 4) is 5.75 Å². The molecule has 2 rings (SSSR count). The number of hydrogen-bond acceptors (Lipinski definition) is 4. The maximum Gasteiger partial charge on any atom is 0.137 e. The molecule has 0 fully saturated rings. The smallest absolute Gasteiger partial charge is 0.137 e. The first-order chi connectivity index (χ1) is 10.2. The number of fused-ring (bicyclic) bond motifs is 1. The van der Waals surface area contributed by atoms with E-state index in [0.29, 0.717) is 12.3 Å². The molecule has 0 radical (unpaired) electrons. The molecule has 2 aromatic rings. The summed E-state index contributed by atoms with van der Waals surface area (Å²) in [6.45, 7) is 10.7. The number of aromatic amines is 1. The van der Waals surface area contributed by atoms with E-state index in [-0.39, 0.29) is 0 Å². The fraction of sp³-hybridized carbons (Fsp3) is 0.562. The SMILES string of the molecule is CC.CCN(CC)CC(O)c1c[nH]c2ncc(OC)cc12. The van der Waals surface area contributed by atoms with Crippen molar-refractivity contribution in [1.82, 2.24) is 14.9 Å². The van der Waals surface area contributed by atoms with E-state index in [2.05, 4.69) is 28.7 Å². The molecule has 2 aromatic heterocycles. The Hall–Kier alpha value is -1.59. The molecule has 0 bridgehead atoms. The number of aromatic nitrogens is 2. The number of aliphatic hydroxyl groups excluding tert-OH is 1. The van der Waals surface area contributed by atoms with Gasteiger partial charge in [0.05, 0.1) is 19.4 Å². The van der Waals surface area contributed by atoms with Gasteiger partial charge >= 0.3 is 0 Å². The van der Waals surface area contributed by atoms with Crippen LogP contribution in [0.2, 0.25) is 0 Å². The standard InChI is InChI=1S/C14H21N3O2.C2H6/c1-4-17(5-2)9-13(18)12-8-16-14-11(12)6-10(19-3)7-15-14;1-2/h6-8,13,18H,4-5,9H2,1-3H3,(H,15,16);1-2H3. The highest BCUT2D eigenvalue weighted by Gasteiger charge is 2.16. The molecule has 5 heteroatoms. The van der Waals surface area contributed by atoms with Crippen molar-refractivity contribution in [2.75, 3.05) is 26.7 Å². The van der Waals surface area contributed by atoms with Crippen LogP contribution in [-0.2, 0) is 0 Å². The number of rotatable bonds is 6. The molecule has 1 atom stereocenters. The van der Waals surface area contributed by atoms with E-state index >= 15 is 0 Å². The molecule has 21 heavy (non-hydrogen) atoms. The van der Waals surface area contributed by atoms with Crippen molar-refractivity contribution in [3.63, 3.8) is 0 Å². The Bertz CT molecular complexity index is 535. The van der Waals surface area contributed by atoms with Crippen LogP contribution in [0, 0.1) is 0 Å². The Balaban J connectivity index is 0.00000106. The third-order valence-electron chi connectivity index (χ3n) is 3.46. The molecule has 0 aliphatic heterocycles. The molecular formula is C16H27N3O2. The number of pyridine rings is 1. The average Bonchev–Trinajstić information content (AvgIpc) is 2.97. The predicted molar refractivity (Wildman–Crippen MR) is 86.7 cm³/mol. The molecular weight excluding hydrogens is 266 g/mol. The maximum absolute atomic E-state index is 10.4. The molecule has 0 spiro atoms. The second-order valence-electron chi connectivity index (χ2n) is 4.52. The molecule has 2 heterocycles. The lowest BCUT2D eigenvalue weighted by Crippen LogP contribution is -2.28. The molecule has 2 N–H and O–H groups in total. The Morgan fingerprint density at radius 1 is 1.33 bits per heavy atom. The minimum absolute atomic E-state index is 0.525. The predicted octanol–water partition coefficient (Wildman–Crippen LogP) is 2.97. The van der Waals surface area contributed by atoms with Crippen molar-refractivity contribution in [3.05, 3.63) is 24.0 Å². The second kappa shape index (κ2) is 8.64. The van der Waals surface area contributed by atoms with Gasteiger partial charge in [0.2, 0.25) is 0 Å². The van der Waals surface area contributed by atoms with Crippen molar-refractivity contribution in [1.29, 1.82) is 0 Å². The number of likely N-dealkylation sites (N-methyl/N-ethyl adjacent to an activating group) is 1. The van der Waals surface area contributed by atoms with E-state index < -0.39 is 6.10 Å². The van der Waals surface area contributed by atoms with Gasteiger partial charge in [-0.25, -0.2) is 4.98 Å². The number of nitrogens with zero attached hydrogens (tertiary/aromatic N) is 2. The summed E-state index contributed by atoms with van der Waals surface area (Å²) in [5, 5.41) is 11.3. The first-order valence-electron chi connectivity index (χ1n) is 7.61. The third-order valence-corrected chi connectivity index (χ3v) is 3.46. The maximum atomic E-state index is 10.4. The molecule has 0 aliphatic carbocycles. The van der Waals surface area contributed by atoms with Crippen LogP contribution >= 0.6 is 0 Å². The Kier molecular flexibility index (Phi) is 7.19. The van der Waals surface area contributed by atoms with Crippen LogP contribution in [0.25, 0.3) is 11.0 Å². The van der Waals surface area contributed by atoms with Crippen molar-refractivity contribution >= 4 is 11.0 Å². The van der Waals surface area contributed by atoms with Gasteiger partial charge in [-0.3, -0.25) is 0 Å². The van der Waals surface area contributed by atoms with Gasteiger partial charge in [-0.05, 0) is 19.2 Å².